The van der Waals surface area contributed by atoms with Gasteiger partial charge in [0.1, 0.15) is 5.60 Å². The highest BCUT2D eigenvalue weighted by molar-refractivity contribution is 5.86. The lowest BCUT2D eigenvalue weighted by Crippen LogP contribution is -2.53. The number of hydrogen-bond acceptors (Lipinski definition) is 4. The summed E-state index contributed by atoms with van der Waals surface area (Å²) in [6.07, 6.45) is 5.46. The highest BCUT2D eigenvalue weighted by atomic mass is 35.5. The van der Waals surface area contributed by atoms with Gasteiger partial charge in [-0.2, -0.15) is 0 Å². The van der Waals surface area contributed by atoms with Gasteiger partial charge in [0.2, 0.25) is 0 Å². The number of carbonyl (C=O) groups excluding carboxylic acids is 1. The molecule has 5 nitrogen and oxygen atoms in total. The third-order valence-corrected chi connectivity index (χ3v) is 5.55. The maximum atomic E-state index is 12.6. The molecule has 27 heavy (non-hydrogen) atoms. The van der Waals surface area contributed by atoms with E-state index in [2.05, 4.69) is 39.8 Å². The largest absolute Gasteiger partial charge is 0.368 e. The summed E-state index contributed by atoms with van der Waals surface area (Å²) in [6, 6.07) is 8.63. The predicted molar refractivity (Wildman–Crippen MR) is 114 cm³/mol. The Bertz CT molecular complexity index is 557. The Morgan fingerprint density at radius 2 is 1.67 bits per heavy atom. The second-order valence-electron chi connectivity index (χ2n) is 7.28. The van der Waals surface area contributed by atoms with Crippen LogP contribution in [0.3, 0.4) is 0 Å². The minimum Gasteiger partial charge on any atom is -0.368 e. The Kier molecular flexibility index (Phi) is 10.6. The van der Waals surface area contributed by atoms with Crippen molar-refractivity contribution in [3.8, 4) is 0 Å². The summed E-state index contributed by atoms with van der Waals surface area (Å²) >= 11 is 0. The molecule has 154 valence electrons. The number of rotatable bonds is 6. The lowest BCUT2D eigenvalue weighted by molar-refractivity contribution is -0.146. The van der Waals surface area contributed by atoms with E-state index in [1.54, 1.807) is 7.11 Å². The van der Waals surface area contributed by atoms with Crippen molar-refractivity contribution in [2.45, 2.75) is 50.8 Å². The van der Waals surface area contributed by atoms with Crippen LogP contribution < -0.4 is 10.6 Å². The fourth-order valence-corrected chi connectivity index (χ4v) is 3.84. The first-order chi connectivity index (χ1) is 12.2. The SMILES string of the molecule is COC1(C(=O)NCc2ccc(CN3CCCCC3)cc2)CCNCC1.Cl.Cl. The number of ether oxygens (including phenoxy) is 1. The van der Waals surface area contributed by atoms with Crippen molar-refractivity contribution in [2.24, 2.45) is 0 Å². The molecule has 0 radical (unpaired) electrons. The topological polar surface area (TPSA) is 53.6 Å². The zero-order valence-corrected chi connectivity index (χ0v) is 17.8. The standard InChI is InChI=1S/C20H31N3O2.2ClH/c1-25-20(9-11-21-12-10-20)19(24)22-15-17-5-7-18(8-6-17)16-23-13-3-2-4-14-23;;/h5-8,21H,2-4,9-16H2,1H3,(H,22,24);2*1H. The molecule has 1 aromatic rings. The number of piperidine rings is 2. The molecule has 0 atom stereocenters. The average molecular weight is 418 g/mol. The van der Waals surface area contributed by atoms with Gasteiger partial charge < -0.3 is 15.4 Å². The smallest absolute Gasteiger partial charge is 0.252 e. The van der Waals surface area contributed by atoms with Crippen LogP contribution in [0.15, 0.2) is 24.3 Å². The van der Waals surface area contributed by atoms with E-state index in [1.165, 1.54) is 37.9 Å². The number of halogens is 2. The molecule has 2 N–H and O–H groups in total. The molecular formula is C20H33Cl2N3O2. The second kappa shape index (κ2) is 11.9. The quantitative estimate of drug-likeness (QED) is 0.746. The van der Waals surface area contributed by atoms with Crippen LogP contribution in [-0.2, 0) is 22.6 Å². The molecule has 2 fully saturated rings. The van der Waals surface area contributed by atoms with Crippen LogP contribution in [0.2, 0.25) is 0 Å². The predicted octanol–water partition coefficient (Wildman–Crippen LogP) is 2.90. The molecule has 0 unspecified atom stereocenters. The van der Waals surface area contributed by atoms with Crippen molar-refractivity contribution in [2.75, 3.05) is 33.3 Å². The monoisotopic (exact) mass is 417 g/mol. The van der Waals surface area contributed by atoms with Crippen LogP contribution in [0.25, 0.3) is 0 Å². The molecule has 0 aliphatic carbocycles. The van der Waals surface area contributed by atoms with Crippen LogP contribution in [0.5, 0.6) is 0 Å². The minimum absolute atomic E-state index is 0. The summed E-state index contributed by atoms with van der Waals surface area (Å²) < 4.78 is 5.58. The van der Waals surface area contributed by atoms with Crippen LogP contribution >= 0.6 is 24.8 Å². The third kappa shape index (κ3) is 6.61. The normalized spacial score (nSPS) is 19.4. The molecule has 2 heterocycles. The van der Waals surface area contributed by atoms with E-state index in [0.717, 1.165) is 38.0 Å². The lowest BCUT2D eigenvalue weighted by atomic mass is 9.91. The van der Waals surface area contributed by atoms with E-state index in [0.29, 0.717) is 6.54 Å². The first-order valence-electron chi connectivity index (χ1n) is 9.56. The number of carbonyl (C=O) groups is 1. The van der Waals surface area contributed by atoms with E-state index in [4.69, 9.17) is 4.74 Å². The van der Waals surface area contributed by atoms with E-state index < -0.39 is 5.60 Å². The molecule has 3 rings (SSSR count). The Morgan fingerprint density at radius 3 is 2.26 bits per heavy atom. The molecule has 2 saturated heterocycles. The van der Waals surface area contributed by atoms with E-state index in [9.17, 15) is 4.79 Å². The van der Waals surface area contributed by atoms with Gasteiger partial charge in [-0.25, -0.2) is 0 Å². The van der Waals surface area contributed by atoms with Crippen molar-refractivity contribution in [3.63, 3.8) is 0 Å². The van der Waals surface area contributed by atoms with Crippen molar-refractivity contribution in [1.29, 1.82) is 0 Å². The van der Waals surface area contributed by atoms with Crippen molar-refractivity contribution in [1.82, 2.24) is 15.5 Å². The van der Waals surface area contributed by atoms with Gasteiger partial charge in [-0.3, -0.25) is 9.69 Å². The third-order valence-electron chi connectivity index (χ3n) is 5.55. The van der Waals surface area contributed by atoms with Gasteiger partial charge in [-0.15, -0.1) is 24.8 Å². The van der Waals surface area contributed by atoms with Gasteiger partial charge in [-0.1, -0.05) is 30.7 Å². The molecule has 1 aromatic carbocycles. The van der Waals surface area contributed by atoms with Crippen molar-refractivity contribution in [3.05, 3.63) is 35.4 Å². The summed E-state index contributed by atoms with van der Waals surface area (Å²) in [6.45, 7) is 5.67. The molecule has 0 saturated carbocycles. The van der Waals surface area contributed by atoms with E-state index >= 15 is 0 Å². The number of nitrogens with one attached hydrogen (secondary N) is 2. The lowest BCUT2D eigenvalue weighted by Gasteiger charge is -2.34. The van der Waals surface area contributed by atoms with Crippen molar-refractivity contribution >= 4 is 30.7 Å². The van der Waals surface area contributed by atoms with Gasteiger partial charge in [0, 0.05) is 20.2 Å². The van der Waals surface area contributed by atoms with Crippen LogP contribution in [0, 0.1) is 0 Å². The summed E-state index contributed by atoms with van der Waals surface area (Å²) in [5, 5.41) is 6.34. The molecule has 0 bridgehead atoms. The molecule has 0 aromatic heterocycles. The maximum Gasteiger partial charge on any atom is 0.252 e. The van der Waals surface area contributed by atoms with Crippen molar-refractivity contribution < 1.29 is 9.53 Å². The number of likely N-dealkylation sites (tertiary alicyclic amines) is 1. The molecule has 2 aliphatic heterocycles. The highest BCUT2D eigenvalue weighted by Crippen LogP contribution is 2.22. The fraction of sp³-hybridized carbons (Fsp3) is 0.650. The van der Waals surface area contributed by atoms with Gasteiger partial charge >= 0.3 is 0 Å². The Hall–Kier alpha value is -0.850. The zero-order chi connectivity index (χ0) is 17.5. The van der Waals surface area contributed by atoms with E-state index in [1.807, 2.05) is 0 Å². The minimum atomic E-state index is -0.667. The molecule has 7 heteroatoms. The second-order valence-corrected chi connectivity index (χ2v) is 7.28. The van der Waals surface area contributed by atoms with E-state index in [-0.39, 0.29) is 30.7 Å². The Morgan fingerprint density at radius 1 is 1.07 bits per heavy atom. The maximum absolute atomic E-state index is 12.6. The summed E-state index contributed by atoms with van der Waals surface area (Å²) in [7, 11) is 1.64. The number of methoxy groups -OCH3 is 1. The number of amides is 1. The van der Waals surface area contributed by atoms with Gasteiger partial charge in [0.15, 0.2) is 0 Å². The summed E-state index contributed by atoms with van der Waals surface area (Å²) in [5.74, 6) is 0.00823. The number of nitrogens with zero attached hydrogens (tertiary/aromatic N) is 1. The zero-order valence-electron chi connectivity index (χ0n) is 16.2. The number of hydrogen-bond donors (Lipinski definition) is 2. The first kappa shape index (κ1) is 24.2. The molecular weight excluding hydrogens is 385 g/mol. The molecule has 1 amide bonds. The van der Waals surface area contributed by atoms with Crippen LogP contribution in [0.1, 0.15) is 43.2 Å². The highest BCUT2D eigenvalue weighted by Gasteiger charge is 2.39. The molecule has 0 spiro atoms. The number of benzene rings is 1. The fourth-order valence-electron chi connectivity index (χ4n) is 3.84. The Balaban J connectivity index is 0.00000182. The van der Waals surface area contributed by atoms with Gasteiger partial charge in [0.05, 0.1) is 0 Å². The van der Waals surface area contributed by atoms with Gasteiger partial charge in [0.25, 0.3) is 5.91 Å². The van der Waals surface area contributed by atoms with Crippen LogP contribution in [-0.4, -0.2) is 49.7 Å². The average Bonchev–Trinajstić information content (AvgIpc) is 2.68. The van der Waals surface area contributed by atoms with Gasteiger partial charge in [-0.05, 0) is 63.0 Å². The summed E-state index contributed by atoms with van der Waals surface area (Å²) in [4.78, 5) is 15.1. The first-order valence-corrected chi connectivity index (χ1v) is 9.56. The van der Waals surface area contributed by atoms with Crippen LogP contribution in [0.4, 0.5) is 0 Å². The Labute approximate surface area is 175 Å². The summed E-state index contributed by atoms with van der Waals surface area (Å²) in [5.41, 5.74) is 1.82. The molecule has 2 aliphatic rings.